The van der Waals surface area contributed by atoms with Crippen molar-refractivity contribution in [2.75, 3.05) is 0 Å². The third-order valence-electron chi connectivity index (χ3n) is 10.3. The molecule has 51 heavy (non-hydrogen) atoms. The van der Waals surface area contributed by atoms with E-state index in [9.17, 15) is 0 Å². The average molecular weight is 649 g/mol. The van der Waals surface area contributed by atoms with E-state index < -0.39 is 0 Å². The highest BCUT2D eigenvalue weighted by molar-refractivity contribution is 6.23. The largest absolute Gasteiger partial charge is 0.456 e. The molecule has 0 bridgehead atoms. The van der Waals surface area contributed by atoms with E-state index in [1.807, 2.05) is 6.07 Å². The Bertz CT molecular complexity index is 2900. The van der Waals surface area contributed by atoms with Gasteiger partial charge in [-0.3, -0.25) is 0 Å². The maximum Gasteiger partial charge on any atom is 0.136 e. The van der Waals surface area contributed by atoms with Crippen LogP contribution in [0.1, 0.15) is 0 Å². The molecule has 0 aliphatic rings. The minimum atomic E-state index is 0.903. The number of rotatable bonds is 5. The highest BCUT2D eigenvalue weighted by Gasteiger charge is 2.21. The standard InChI is InChI=1S/C50H32O/c1-3-15-33(16-4-1)35-19-13-20-37(31-35)48-41-23-9-10-24-42(41)49(40-22-8-7-21-38(40)34-17-5-2-6-18-34)43-30-29-36(32-45(43)48)39-26-14-28-47-50(39)44-25-11-12-27-46(44)51-47/h1-32H. The number of para-hydroxylation sites is 1. The van der Waals surface area contributed by atoms with Crippen LogP contribution in [0.5, 0.6) is 0 Å². The Labute approximate surface area is 296 Å². The fourth-order valence-corrected chi connectivity index (χ4v) is 8.02. The number of furan rings is 1. The van der Waals surface area contributed by atoms with Crippen LogP contribution in [0, 0.1) is 0 Å². The van der Waals surface area contributed by atoms with Crippen LogP contribution < -0.4 is 0 Å². The first kappa shape index (κ1) is 29.2. The van der Waals surface area contributed by atoms with E-state index in [2.05, 4.69) is 188 Å². The Balaban J connectivity index is 1.33. The van der Waals surface area contributed by atoms with E-state index in [1.54, 1.807) is 0 Å². The Morgan fingerprint density at radius 3 is 1.61 bits per heavy atom. The molecule has 0 N–H and O–H groups in total. The second kappa shape index (κ2) is 12.0. The van der Waals surface area contributed by atoms with Crippen molar-refractivity contribution < 1.29 is 4.42 Å². The summed E-state index contributed by atoms with van der Waals surface area (Å²) in [6, 6.07) is 70.0. The lowest BCUT2D eigenvalue weighted by atomic mass is 9.82. The lowest BCUT2D eigenvalue weighted by molar-refractivity contribution is 0.669. The van der Waals surface area contributed by atoms with Crippen molar-refractivity contribution in [1.82, 2.24) is 0 Å². The molecule has 1 aromatic heterocycles. The maximum absolute atomic E-state index is 6.34. The fraction of sp³-hybridized carbons (Fsp3) is 0. The summed E-state index contributed by atoms with van der Waals surface area (Å²) in [6.07, 6.45) is 0. The van der Waals surface area contributed by atoms with E-state index in [-0.39, 0.29) is 0 Å². The molecule has 0 aliphatic heterocycles. The molecule has 0 amide bonds. The highest BCUT2D eigenvalue weighted by Crippen LogP contribution is 2.48. The molecule has 0 spiro atoms. The predicted octanol–water partition coefficient (Wildman–Crippen LogP) is 14.2. The van der Waals surface area contributed by atoms with E-state index in [0.717, 1.165) is 27.5 Å². The molecule has 10 aromatic rings. The summed E-state index contributed by atoms with van der Waals surface area (Å²) in [4.78, 5) is 0. The summed E-state index contributed by atoms with van der Waals surface area (Å²) in [7, 11) is 0. The zero-order valence-corrected chi connectivity index (χ0v) is 27.9. The molecule has 0 saturated heterocycles. The summed E-state index contributed by atoms with van der Waals surface area (Å²) >= 11 is 0. The topological polar surface area (TPSA) is 13.1 Å². The number of fused-ring (bicyclic) bond motifs is 5. The summed E-state index contributed by atoms with van der Waals surface area (Å²) in [5, 5.41) is 7.20. The lowest BCUT2D eigenvalue weighted by Crippen LogP contribution is -1.94. The molecule has 238 valence electrons. The van der Waals surface area contributed by atoms with Crippen molar-refractivity contribution in [3.63, 3.8) is 0 Å². The molecule has 1 heteroatoms. The monoisotopic (exact) mass is 648 g/mol. The van der Waals surface area contributed by atoms with E-state index in [4.69, 9.17) is 4.42 Å². The van der Waals surface area contributed by atoms with Crippen LogP contribution in [0.2, 0.25) is 0 Å². The predicted molar refractivity (Wildman–Crippen MR) is 216 cm³/mol. The quantitative estimate of drug-likeness (QED) is 0.169. The molecule has 1 nitrogen and oxygen atoms in total. The van der Waals surface area contributed by atoms with E-state index in [0.29, 0.717) is 0 Å². The first-order valence-corrected chi connectivity index (χ1v) is 17.5. The molecule has 0 atom stereocenters. The van der Waals surface area contributed by atoms with Crippen molar-refractivity contribution >= 4 is 43.5 Å². The molecule has 10 rings (SSSR count). The van der Waals surface area contributed by atoms with Crippen LogP contribution in [0.4, 0.5) is 0 Å². The fourth-order valence-electron chi connectivity index (χ4n) is 8.02. The van der Waals surface area contributed by atoms with Crippen molar-refractivity contribution in [2.45, 2.75) is 0 Å². The van der Waals surface area contributed by atoms with Gasteiger partial charge in [0.15, 0.2) is 0 Å². The summed E-state index contributed by atoms with van der Waals surface area (Å²) < 4.78 is 6.34. The normalized spacial score (nSPS) is 11.5. The summed E-state index contributed by atoms with van der Waals surface area (Å²) in [5.41, 5.74) is 13.9. The van der Waals surface area contributed by atoms with Gasteiger partial charge in [-0.25, -0.2) is 0 Å². The number of hydrogen-bond acceptors (Lipinski definition) is 1. The van der Waals surface area contributed by atoms with E-state index >= 15 is 0 Å². The number of hydrogen-bond donors (Lipinski definition) is 0. The summed E-state index contributed by atoms with van der Waals surface area (Å²) in [5.74, 6) is 0. The van der Waals surface area contributed by atoms with Gasteiger partial charge >= 0.3 is 0 Å². The SMILES string of the molecule is c1ccc(-c2cccc(-c3c4ccccc4c(-c4ccccc4-c4ccccc4)c4ccc(-c5cccc6oc7ccccc7c56)cc34)c2)cc1. The van der Waals surface area contributed by atoms with Gasteiger partial charge in [-0.1, -0.05) is 170 Å². The van der Waals surface area contributed by atoms with Crippen molar-refractivity contribution in [2.24, 2.45) is 0 Å². The number of benzene rings is 9. The average Bonchev–Trinajstić information content (AvgIpc) is 3.59. The molecule has 0 unspecified atom stereocenters. The zero-order chi connectivity index (χ0) is 33.7. The maximum atomic E-state index is 6.34. The Hall–Kier alpha value is -6.70. The van der Waals surface area contributed by atoms with Crippen LogP contribution in [-0.2, 0) is 0 Å². The van der Waals surface area contributed by atoms with Gasteiger partial charge < -0.3 is 4.42 Å². The van der Waals surface area contributed by atoms with Crippen LogP contribution in [0.15, 0.2) is 199 Å². The lowest BCUT2D eigenvalue weighted by Gasteiger charge is -2.21. The Morgan fingerprint density at radius 2 is 0.804 bits per heavy atom. The first-order valence-electron chi connectivity index (χ1n) is 17.5. The molecular weight excluding hydrogens is 617 g/mol. The van der Waals surface area contributed by atoms with Crippen LogP contribution in [0.3, 0.4) is 0 Å². The van der Waals surface area contributed by atoms with Gasteiger partial charge in [0.1, 0.15) is 11.2 Å². The van der Waals surface area contributed by atoms with Crippen molar-refractivity contribution in [3.05, 3.63) is 194 Å². The molecule has 0 radical (unpaired) electrons. The van der Waals surface area contributed by atoms with Crippen LogP contribution in [-0.4, -0.2) is 0 Å². The Kier molecular flexibility index (Phi) is 6.89. The first-order chi connectivity index (χ1) is 25.3. The van der Waals surface area contributed by atoms with Gasteiger partial charge in [0.25, 0.3) is 0 Å². The molecule has 0 aliphatic carbocycles. The van der Waals surface area contributed by atoms with Crippen LogP contribution >= 0.6 is 0 Å². The zero-order valence-electron chi connectivity index (χ0n) is 27.9. The Morgan fingerprint density at radius 1 is 0.255 bits per heavy atom. The molecular formula is C50H32O. The van der Waals surface area contributed by atoms with Gasteiger partial charge in [0.2, 0.25) is 0 Å². The summed E-state index contributed by atoms with van der Waals surface area (Å²) in [6.45, 7) is 0. The van der Waals surface area contributed by atoms with Gasteiger partial charge in [-0.2, -0.15) is 0 Å². The molecule has 0 fully saturated rings. The smallest absolute Gasteiger partial charge is 0.136 e. The molecule has 9 aromatic carbocycles. The highest BCUT2D eigenvalue weighted by atomic mass is 16.3. The van der Waals surface area contributed by atoms with Gasteiger partial charge in [-0.05, 0) is 101 Å². The third kappa shape index (κ3) is 4.86. The minimum absolute atomic E-state index is 0.903. The van der Waals surface area contributed by atoms with Gasteiger partial charge in [-0.15, -0.1) is 0 Å². The third-order valence-corrected chi connectivity index (χ3v) is 10.3. The van der Waals surface area contributed by atoms with E-state index in [1.165, 1.54) is 71.6 Å². The van der Waals surface area contributed by atoms with Gasteiger partial charge in [0.05, 0.1) is 0 Å². The van der Waals surface area contributed by atoms with Crippen LogP contribution in [0.25, 0.3) is 99.1 Å². The van der Waals surface area contributed by atoms with Crippen molar-refractivity contribution in [3.8, 4) is 55.6 Å². The second-order valence-corrected chi connectivity index (χ2v) is 13.2. The minimum Gasteiger partial charge on any atom is -0.456 e. The second-order valence-electron chi connectivity index (χ2n) is 13.2. The van der Waals surface area contributed by atoms with Crippen molar-refractivity contribution in [1.29, 1.82) is 0 Å². The molecule has 0 saturated carbocycles. The van der Waals surface area contributed by atoms with Gasteiger partial charge in [0, 0.05) is 10.8 Å². The molecule has 1 heterocycles.